The first kappa shape index (κ1) is 18.0. The van der Waals surface area contributed by atoms with E-state index < -0.39 is 0 Å². The number of hydrogen-bond acceptors (Lipinski definition) is 6. The second-order valence-electron chi connectivity index (χ2n) is 7.06. The van der Waals surface area contributed by atoms with Crippen LogP contribution in [0.3, 0.4) is 0 Å². The third kappa shape index (κ3) is 3.98. The van der Waals surface area contributed by atoms with Crippen LogP contribution in [0.1, 0.15) is 37.1 Å². The van der Waals surface area contributed by atoms with Crippen LogP contribution in [0, 0.1) is 12.7 Å². The molecule has 2 aliphatic heterocycles. The summed E-state index contributed by atoms with van der Waals surface area (Å²) in [5, 5.41) is 0. The van der Waals surface area contributed by atoms with Crippen molar-refractivity contribution < 1.29 is 18.6 Å². The van der Waals surface area contributed by atoms with Crippen molar-refractivity contribution in [3.63, 3.8) is 0 Å². The molecule has 1 fully saturated rings. The summed E-state index contributed by atoms with van der Waals surface area (Å²) in [4.78, 5) is 10.9. The molecule has 0 spiro atoms. The summed E-state index contributed by atoms with van der Waals surface area (Å²) in [6, 6.07) is 5.14. The Kier molecular flexibility index (Phi) is 5.11. The number of rotatable bonds is 4. The summed E-state index contributed by atoms with van der Waals surface area (Å²) < 4.78 is 31.4. The molecule has 7 heteroatoms. The Morgan fingerprint density at radius 1 is 1.22 bits per heavy atom. The van der Waals surface area contributed by atoms with Crippen LogP contribution in [-0.2, 0) is 0 Å². The number of nitrogens with zero attached hydrogens (tertiary/aromatic N) is 3. The minimum atomic E-state index is -0.353. The van der Waals surface area contributed by atoms with Crippen LogP contribution in [-0.4, -0.2) is 47.3 Å². The van der Waals surface area contributed by atoms with Crippen LogP contribution in [0.25, 0.3) is 0 Å². The van der Waals surface area contributed by atoms with E-state index in [0.717, 1.165) is 31.5 Å². The molecule has 0 bridgehead atoms. The molecule has 1 saturated heterocycles. The van der Waals surface area contributed by atoms with Crippen molar-refractivity contribution in [1.29, 1.82) is 0 Å². The molecule has 2 aliphatic rings. The standard InChI is InChI=1S/C20H24FN3O3/c1-13-3-6-22-18(11-13)27-15-4-7-24(8-5-15)14(2)19-16(21)12-17-20(23-19)26-10-9-25-17/h3,6,11-12,14-15H,4-5,7-10H2,1-2H3. The van der Waals surface area contributed by atoms with Crippen LogP contribution in [0.15, 0.2) is 24.4 Å². The second kappa shape index (κ2) is 7.68. The van der Waals surface area contributed by atoms with Crippen LogP contribution in [0.4, 0.5) is 4.39 Å². The predicted octanol–water partition coefficient (Wildman–Crippen LogP) is 3.30. The van der Waals surface area contributed by atoms with E-state index in [1.165, 1.54) is 6.07 Å². The summed E-state index contributed by atoms with van der Waals surface area (Å²) in [6.07, 6.45) is 3.62. The first-order valence-electron chi connectivity index (χ1n) is 9.39. The second-order valence-corrected chi connectivity index (χ2v) is 7.06. The Morgan fingerprint density at radius 3 is 2.78 bits per heavy atom. The highest BCUT2D eigenvalue weighted by Crippen LogP contribution is 2.34. The van der Waals surface area contributed by atoms with Gasteiger partial charge in [-0.25, -0.2) is 14.4 Å². The number of aryl methyl sites for hydroxylation is 1. The molecule has 6 nitrogen and oxygen atoms in total. The Balaban J connectivity index is 1.39. The number of hydrogen-bond donors (Lipinski definition) is 0. The maximum absolute atomic E-state index is 14.5. The van der Waals surface area contributed by atoms with Gasteiger partial charge in [0.25, 0.3) is 5.88 Å². The Morgan fingerprint density at radius 2 is 2.00 bits per heavy atom. The van der Waals surface area contributed by atoms with Gasteiger partial charge in [-0.15, -0.1) is 0 Å². The van der Waals surface area contributed by atoms with E-state index in [1.54, 1.807) is 6.20 Å². The molecule has 1 atom stereocenters. The molecule has 4 heterocycles. The maximum Gasteiger partial charge on any atom is 0.257 e. The SMILES string of the molecule is Cc1ccnc(OC2CCN(C(C)c3nc4c(cc3F)OCCO4)CC2)c1. The summed E-state index contributed by atoms with van der Waals surface area (Å²) >= 11 is 0. The lowest BCUT2D eigenvalue weighted by atomic mass is 10.0. The number of halogens is 1. The number of fused-ring (bicyclic) bond motifs is 1. The third-order valence-corrected chi connectivity index (χ3v) is 5.11. The van der Waals surface area contributed by atoms with Crippen LogP contribution < -0.4 is 14.2 Å². The normalized spacial score (nSPS) is 18.9. The number of piperidine rings is 1. The molecule has 27 heavy (non-hydrogen) atoms. The van der Waals surface area contributed by atoms with Gasteiger partial charge < -0.3 is 14.2 Å². The van der Waals surface area contributed by atoms with Crippen molar-refractivity contribution in [3.8, 4) is 17.5 Å². The molecular formula is C20H24FN3O3. The predicted molar refractivity (Wildman–Crippen MR) is 97.8 cm³/mol. The largest absolute Gasteiger partial charge is 0.484 e. The molecule has 2 aromatic heterocycles. The van der Waals surface area contributed by atoms with Gasteiger partial charge in [-0.3, -0.25) is 4.90 Å². The summed E-state index contributed by atoms with van der Waals surface area (Å²) in [6.45, 7) is 6.49. The first-order chi connectivity index (χ1) is 13.1. The Hall–Kier alpha value is -2.41. The van der Waals surface area contributed by atoms with E-state index in [0.29, 0.717) is 36.4 Å². The van der Waals surface area contributed by atoms with E-state index in [4.69, 9.17) is 14.2 Å². The number of aromatic nitrogens is 2. The third-order valence-electron chi connectivity index (χ3n) is 5.11. The molecule has 0 aliphatic carbocycles. The van der Waals surface area contributed by atoms with Gasteiger partial charge in [-0.05, 0) is 38.3 Å². The number of ether oxygens (including phenoxy) is 3. The van der Waals surface area contributed by atoms with Gasteiger partial charge in [0.05, 0.1) is 11.7 Å². The van der Waals surface area contributed by atoms with Crippen LogP contribution in [0.2, 0.25) is 0 Å². The molecule has 0 radical (unpaired) electrons. The van der Waals surface area contributed by atoms with Gasteiger partial charge in [0.1, 0.15) is 25.1 Å². The van der Waals surface area contributed by atoms with E-state index in [-0.39, 0.29) is 18.0 Å². The van der Waals surface area contributed by atoms with E-state index >= 15 is 0 Å². The minimum Gasteiger partial charge on any atom is -0.484 e. The van der Waals surface area contributed by atoms with Crippen molar-refractivity contribution in [2.75, 3.05) is 26.3 Å². The first-order valence-corrected chi connectivity index (χ1v) is 9.39. The number of pyridine rings is 2. The van der Waals surface area contributed by atoms with Crippen LogP contribution >= 0.6 is 0 Å². The van der Waals surface area contributed by atoms with Gasteiger partial charge in [0, 0.05) is 31.4 Å². The molecule has 0 amide bonds. The van der Waals surface area contributed by atoms with Crippen molar-refractivity contribution >= 4 is 0 Å². The fourth-order valence-corrected chi connectivity index (χ4v) is 3.56. The zero-order valence-electron chi connectivity index (χ0n) is 15.7. The lowest BCUT2D eigenvalue weighted by Crippen LogP contribution is -2.40. The highest BCUT2D eigenvalue weighted by atomic mass is 19.1. The molecule has 0 aromatic carbocycles. The van der Waals surface area contributed by atoms with Crippen molar-refractivity contribution in [3.05, 3.63) is 41.5 Å². The summed E-state index contributed by atoms with van der Waals surface area (Å²) in [7, 11) is 0. The van der Waals surface area contributed by atoms with E-state index in [1.807, 2.05) is 26.0 Å². The smallest absolute Gasteiger partial charge is 0.257 e. The van der Waals surface area contributed by atoms with Gasteiger partial charge >= 0.3 is 0 Å². The summed E-state index contributed by atoms with van der Waals surface area (Å²) in [5.41, 5.74) is 1.53. The zero-order chi connectivity index (χ0) is 18.8. The summed E-state index contributed by atoms with van der Waals surface area (Å²) in [5.74, 6) is 1.08. The van der Waals surface area contributed by atoms with E-state index in [2.05, 4.69) is 14.9 Å². The quantitative estimate of drug-likeness (QED) is 0.820. The van der Waals surface area contributed by atoms with Gasteiger partial charge in [-0.2, -0.15) is 0 Å². The van der Waals surface area contributed by atoms with Crippen molar-refractivity contribution in [2.45, 2.75) is 38.8 Å². The van der Waals surface area contributed by atoms with E-state index in [9.17, 15) is 4.39 Å². The lowest BCUT2D eigenvalue weighted by Gasteiger charge is -2.35. The van der Waals surface area contributed by atoms with Gasteiger partial charge in [0.15, 0.2) is 5.75 Å². The minimum absolute atomic E-state index is 0.126. The maximum atomic E-state index is 14.5. The fourth-order valence-electron chi connectivity index (χ4n) is 3.56. The van der Waals surface area contributed by atoms with Gasteiger partial charge in [0.2, 0.25) is 5.88 Å². The highest BCUT2D eigenvalue weighted by molar-refractivity contribution is 5.37. The van der Waals surface area contributed by atoms with Crippen molar-refractivity contribution in [2.24, 2.45) is 0 Å². The average molecular weight is 373 g/mol. The zero-order valence-corrected chi connectivity index (χ0v) is 15.7. The molecule has 0 N–H and O–H groups in total. The highest BCUT2D eigenvalue weighted by Gasteiger charge is 2.29. The fraction of sp³-hybridized carbons (Fsp3) is 0.500. The van der Waals surface area contributed by atoms with Crippen molar-refractivity contribution in [1.82, 2.24) is 14.9 Å². The monoisotopic (exact) mass is 373 g/mol. The topological polar surface area (TPSA) is 56.7 Å². The van der Waals surface area contributed by atoms with Gasteiger partial charge in [-0.1, -0.05) is 0 Å². The lowest BCUT2D eigenvalue weighted by molar-refractivity contribution is 0.0741. The molecule has 144 valence electrons. The molecule has 4 rings (SSSR count). The molecule has 1 unspecified atom stereocenters. The number of likely N-dealkylation sites (tertiary alicyclic amines) is 1. The van der Waals surface area contributed by atoms with Crippen LogP contribution in [0.5, 0.6) is 17.5 Å². The average Bonchev–Trinajstić information content (AvgIpc) is 2.67. The Labute approximate surface area is 158 Å². The molecule has 2 aromatic rings. The molecule has 0 saturated carbocycles. The molecular weight excluding hydrogens is 349 g/mol. The Bertz CT molecular complexity index is 809.